The van der Waals surface area contributed by atoms with Crippen LogP contribution in [0.2, 0.25) is 0 Å². The van der Waals surface area contributed by atoms with E-state index in [1.54, 1.807) is 0 Å². The number of rotatable bonds is 2. The molecule has 1 saturated heterocycles. The fourth-order valence-electron chi connectivity index (χ4n) is 1.49. The summed E-state index contributed by atoms with van der Waals surface area (Å²) in [4.78, 5) is 10.7. The van der Waals surface area contributed by atoms with Gasteiger partial charge in [-0.05, 0) is 0 Å². The van der Waals surface area contributed by atoms with Gasteiger partial charge in [0.05, 0.1) is 6.61 Å². The molecule has 0 aromatic rings. The van der Waals surface area contributed by atoms with Crippen molar-refractivity contribution in [1.82, 2.24) is 5.32 Å². The van der Waals surface area contributed by atoms with Crippen molar-refractivity contribution in [3.8, 4) is 0 Å². The number of hydrogen-bond acceptors (Lipinski definition) is 6. The molecule has 3 radical (unpaired) electrons. The van der Waals surface area contributed by atoms with E-state index in [-0.39, 0.29) is 26.2 Å². The van der Waals surface area contributed by atoms with Crippen LogP contribution in [-0.2, 0) is 9.53 Å². The van der Waals surface area contributed by atoms with Gasteiger partial charge in [-0.15, -0.1) is 0 Å². The zero-order chi connectivity index (χ0) is 11.6. The second-order valence-electron chi connectivity index (χ2n) is 3.46. The van der Waals surface area contributed by atoms with Crippen molar-refractivity contribution in [2.24, 2.45) is 0 Å². The number of carbonyl (C=O) groups excluding carboxylic acids is 1. The fourth-order valence-corrected chi connectivity index (χ4v) is 1.49. The van der Waals surface area contributed by atoms with Gasteiger partial charge in [-0.25, -0.2) is 0 Å². The van der Waals surface area contributed by atoms with Crippen molar-refractivity contribution in [3.05, 3.63) is 0 Å². The summed E-state index contributed by atoms with van der Waals surface area (Å²) in [6.45, 7) is 0.687. The van der Waals surface area contributed by atoms with Crippen LogP contribution in [-0.4, -0.2) is 89.8 Å². The first-order chi connectivity index (χ1) is 6.97. The maximum Gasteiger partial charge on any atom is 0.217 e. The Morgan fingerprint density at radius 3 is 2.31 bits per heavy atom. The Morgan fingerprint density at radius 1 is 1.31 bits per heavy atom. The first-order valence-electron chi connectivity index (χ1n) is 4.55. The number of aliphatic hydroxyl groups excluding tert-OH is 4. The van der Waals surface area contributed by atoms with Crippen molar-refractivity contribution in [2.45, 2.75) is 37.6 Å². The van der Waals surface area contributed by atoms with Gasteiger partial charge < -0.3 is 30.5 Å². The molecule has 0 aromatic heterocycles. The smallest absolute Gasteiger partial charge is 0.217 e. The molecular formula is C8H15BiNO6. The summed E-state index contributed by atoms with van der Waals surface area (Å²) in [5.41, 5.74) is 0. The largest absolute Gasteiger partial charge is 0.394 e. The van der Waals surface area contributed by atoms with E-state index in [0.29, 0.717) is 0 Å². The molecule has 1 amide bonds. The van der Waals surface area contributed by atoms with Crippen LogP contribution in [0.5, 0.6) is 0 Å². The molecule has 1 aliphatic heterocycles. The molecule has 1 aliphatic rings. The molecule has 16 heavy (non-hydrogen) atoms. The molecule has 0 bridgehead atoms. The molecule has 8 heteroatoms. The molecular weight excluding hydrogens is 415 g/mol. The minimum atomic E-state index is -1.45. The van der Waals surface area contributed by atoms with Crippen molar-refractivity contribution in [2.75, 3.05) is 6.61 Å². The molecule has 7 nitrogen and oxygen atoms in total. The van der Waals surface area contributed by atoms with E-state index in [1.165, 1.54) is 6.92 Å². The van der Waals surface area contributed by atoms with Crippen LogP contribution in [0.15, 0.2) is 0 Å². The van der Waals surface area contributed by atoms with Crippen LogP contribution in [0.25, 0.3) is 0 Å². The van der Waals surface area contributed by atoms with E-state index in [0.717, 1.165) is 0 Å². The van der Waals surface area contributed by atoms with Crippen molar-refractivity contribution >= 4 is 32.1 Å². The van der Waals surface area contributed by atoms with Gasteiger partial charge in [-0.1, -0.05) is 0 Å². The summed E-state index contributed by atoms with van der Waals surface area (Å²) < 4.78 is 4.81. The molecule has 5 atom stereocenters. The van der Waals surface area contributed by atoms with Gasteiger partial charge in [0.15, 0.2) is 6.29 Å². The van der Waals surface area contributed by atoms with Crippen LogP contribution in [0, 0.1) is 0 Å². The van der Waals surface area contributed by atoms with Crippen LogP contribution < -0.4 is 5.32 Å². The summed E-state index contributed by atoms with van der Waals surface area (Å²) in [7, 11) is 0. The van der Waals surface area contributed by atoms with E-state index >= 15 is 0 Å². The summed E-state index contributed by atoms with van der Waals surface area (Å²) in [6.07, 6.45) is -5.24. The number of nitrogens with one attached hydrogen (secondary N) is 1. The fraction of sp³-hybridized carbons (Fsp3) is 0.875. The quantitative estimate of drug-likeness (QED) is 0.291. The molecule has 93 valence electrons. The Labute approximate surface area is 112 Å². The van der Waals surface area contributed by atoms with Crippen LogP contribution in [0.1, 0.15) is 6.92 Å². The first-order valence-corrected chi connectivity index (χ1v) is 4.55. The predicted octanol–water partition coefficient (Wildman–Crippen LogP) is -3.46. The minimum absolute atomic E-state index is 0. The minimum Gasteiger partial charge on any atom is -0.394 e. The number of hydrogen-bond donors (Lipinski definition) is 5. The zero-order valence-electron chi connectivity index (χ0n) is 8.65. The summed E-state index contributed by atoms with van der Waals surface area (Å²) in [5.74, 6) is -0.462. The van der Waals surface area contributed by atoms with Gasteiger partial charge in [0.25, 0.3) is 0 Å². The van der Waals surface area contributed by atoms with Gasteiger partial charge in [0.2, 0.25) is 5.91 Å². The average Bonchev–Trinajstić information content (AvgIpc) is 2.18. The van der Waals surface area contributed by atoms with Gasteiger partial charge in [0, 0.05) is 33.1 Å². The molecule has 5 N–H and O–H groups in total. The van der Waals surface area contributed by atoms with Crippen molar-refractivity contribution in [3.63, 3.8) is 0 Å². The Balaban J connectivity index is 0.00000225. The van der Waals surface area contributed by atoms with E-state index in [4.69, 9.17) is 9.84 Å². The average molecular weight is 430 g/mol. The molecule has 0 aromatic carbocycles. The first kappa shape index (κ1) is 16.2. The molecule has 1 rings (SSSR count). The number of ether oxygens (including phenoxy) is 1. The Morgan fingerprint density at radius 2 is 1.88 bits per heavy atom. The van der Waals surface area contributed by atoms with Crippen molar-refractivity contribution < 1.29 is 30.0 Å². The van der Waals surface area contributed by atoms with E-state index in [9.17, 15) is 20.1 Å². The third kappa shape index (κ3) is 3.58. The molecule has 1 fully saturated rings. The Hall–Kier alpha value is 0.153. The molecule has 0 saturated carbocycles. The van der Waals surface area contributed by atoms with Crippen LogP contribution in [0.4, 0.5) is 0 Å². The van der Waals surface area contributed by atoms with E-state index < -0.39 is 43.2 Å². The van der Waals surface area contributed by atoms with Gasteiger partial charge in [0.1, 0.15) is 24.4 Å². The third-order valence-corrected chi connectivity index (χ3v) is 2.27. The van der Waals surface area contributed by atoms with E-state index in [1.807, 2.05) is 0 Å². The van der Waals surface area contributed by atoms with Crippen LogP contribution in [0.3, 0.4) is 0 Å². The Bertz CT molecular complexity index is 241. The topological polar surface area (TPSA) is 119 Å². The zero-order valence-corrected chi connectivity index (χ0v) is 12.1. The predicted molar refractivity (Wildman–Crippen MR) is 53.3 cm³/mol. The standard InChI is InChI=1S/C8H15NO6.Bi/c1-3(11)9-5-7(13)6(12)4(2-10)15-8(5)14;/h4-8,10,12-14H,2H2,1H3,(H,9,11);/t4-,5-,6-,7-,8?;/m1./s1. The molecule has 0 spiro atoms. The number of aliphatic hydroxyl groups is 4. The van der Waals surface area contributed by atoms with E-state index in [2.05, 4.69) is 5.32 Å². The van der Waals surface area contributed by atoms with Crippen molar-refractivity contribution in [1.29, 1.82) is 0 Å². The van der Waals surface area contributed by atoms with Crippen LogP contribution >= 0.6 is 0 Å². The maximum atomic E-state index is 10.7. The number of carbonyl (C=O) groups is 1. The SMILES string of the molecule is CC(=O)N[C@H]1C(O)O[C@H](CO)[C@@H](O)[C@@H]1O.[Bi]. The summed E-state index contributed by atoms with van der Waals surface area (Å²) >= 11 is 0. The monoisotopic (exact) mass is 430 g/mol. The molecule has 1 heterocycles. The van der Waals surface area contributed by atoms with Gasteiger partial charge in [-0.2, -0.15) is 0 Å². The number of amides is 1. The normalized spacial score (nSPS) is 38.7. The second-order valence-corrected chi connectivity index (χ2v) is 3.46. The molecule has 1 unspecified atom stereocenters. The third-order valence-electron chi connectivity index (χ3n) is 2.27. The summed E-state index contributed by atoms with van der Waals surface area (Å²) in [6, 6.07) is -1.10. The maximum absolute atomic E-state index is 10.7. The van der Waals surface area contributed by atoms with Gasteiger partial charge >= 0.3 is 0 Å². The second kappa shape index (κ2) is 6.78. The molecule has 0 aliphatic carbocycles. The Kier molecular flexibility index (Phi) is 6.85. The van der Waals surface area contributed by atoms with Gasteiger partial charge in [-0.3, -0.25) is 4.79 Å². The summed E-state index contributed by atoms with van der Waals surface area (Å²) in [5, 5.41) is 39.4.